The van der Waals surface area contributed by atoms with Crippen LogP contribution in [0.4, 0.5) is 5.82 Å². The molecule has 5 heteroatoms. The van der Waals surface area contributed by atoms with Gasteiger partial charge in [0.2, 0.25) is 0 Å². The molecule has 0 bridgehead atoms. The van der Waals surface area contributed by atoms with Crippen LogP contribution >= 0.6 is 22.9 Å². The largest absolute Gasteiger partial charge is 0.381 e. The molecule has 1 N–H and O–H groups in total. The fourth-order valence-electron chi connectivity index (χ4n) is 1.60. The SMILES string of the molecule is CC1COCCC1Nc1csc(Cl)n1. The predicted molar refractivity (Wildman–Crippen MR) is 59.1 cm³/mol. The maximum Gasteiger partial charge on any atom is 0.185 e. The van der Waals surface area contributed by atoms with Gasteiger partial charge in [-0.25, -0.2) is 4.98 Å². The van der Waals surface area contributed by atoms with Gasteiger partial charge >= 0.3 is 0 Å². The molecule has 0 amide bonds. The number of nitrogens with one attached hydrogen (secondary N) is 1. The maximum atomic E-state index is 5.76. The highest BCUT2D eigenvalue weighted by Crippen LogP contribution is 2.23. The van der Waals surface area contributed by atoms with Gasteiger partial charge in [-0.1, -0.05) is 18.5 Å². The van der Waals surface area contributed by atoms with Crippen molar-refractivity contribution >= 4 is 28.8 Å². The third-order valence-electron chi connectivity index (χ3n) is 2.45. The molecule has 0 radical (unpaired) electrons. The summed E-state index contributed by atoms with van der Waals surface area (Å²) >= 11 is 7.21. The summed E-state index contributed by atoms with van der Waals surface area (Å²) in [6.45, 7) is 3.85. The Morgan fingerprint density at radius 3 is 3.21 bits per heavy atom. The molecule has 0 saturated carbocycles. The summed E-state index contributed by atoms with van der Waals surface area (Å²) in [7, 11) is 0. The first kappa shape index (κ1) is 10.2. The molecule has 2 rings (SSSR count). The number of aromatic nitrogens is 1. The van der Waals surface area contributed by atoms with Crippen LogP contribution in [0, 0.1) is 5.92 Å². The Morgan fingerprint density at radius 2 is 2.57 bits per heavy atom. The Morgan fingerprint density at radius 1 is 1.71 bits per heavy atom. The molecular formula is C9H13ClN2OS. The monoisotopic (exact) mass is 232 g/mol. The average molecular weight is 233 g/mol. The first-order valence-corrected chi connectivity index (χ1v) is 5.97. The van der Waals surface area contributed by atoms with Gasteiger partial charge in [0, 0.05) is 18.0 Å². The van der Waals surface area contributed by atoms with E-state index >= 15 is 0 Å². The van der Waals surface area contributed by atoms with E-state index in [9.17, 15) is 0 Å². The summed E-state index contributed by atoms with van der Waals surface area (Å²) in [6, 6.07) is 0.460. The van der Waals surface area contributed by atoms with E-state index in [2.05, 4.69) is 17.2 Å². The van der Waals surface area contributed by atoms with Crippen LogP contribution in [-0.2, 0) is 4.74 Å². The number of rotatable bonds is 2. The van der Waals surface area contributed by atoms with Crippen molar-refractivity contribution in [1.29, 1.82) is 0 Å². The van der Waals surface area contributed by atoms with Gasteiger partial charge in [0.15, 0.2) is 4.47 Å². The summed E-state index contributed by atoms with van der Waals surface area (Å²) in [5.41, 5.74) is 0. The van der Waals surface area contributed by atoms with Gasteiger partial charge in [-0.2, -0.15) is 0 Å². The van der Waals surface area contributed by atoms with Crippen molar-refractivity contribution in [3.05, 3.63) is 9.85 Å². The van der Waals surface area contributed by atoms with E-state index in [0.717, 1.165) is 25.5 Å². The van der Waals surface area contributed by atoms with Crippen LogP contribution in [-0.4, -0.2) is 24.2 Å². The van der Waals surface area contributed by atoms with Gasteiger partial charge in [-0.05, 0) is 12.3 Å². The fraction of sp³-hybridized carbons (Fsp3) is 0.667. The zero-order chi connectivity index (χ0) is 9.97. The Kier molecular flexibility index (Phi) is 3.26. The van der Waals surface area contributed by atoms with Crippen LogP contribution in [0.1, 0.15) is 13.3 Å². The van der Waals surface area contributed by atoms with Gasteiger partial charge in [-0.15, -0.1) is 11.3 Å². The Bertz CT molecular complexity index is 305. The van der Waals surface area contributed by atoms with Crippen molar-refractivity contribution in [2.75, 3.05) is 18.5 Å². The molecule has 2 atom stereocenters. The molecular weight excluding hydrogens is 220 g/mol. The zero-order valence-corrected chi connectivity index (χ0v) is 9.57. The van der Waals surface area contributed by atoms with Crippen LogP contribution < -0.4 is 5.32 Å². The molecule has 0 aliphatic carbocycles. The zero-order valence-electron chi connectivity index (χ0n) is 8.00. The molecule has 1 aromatic rings. The van der Waals surface area contributed by atoms with Crippen molar-refractivity contribution in [2.24, 2.45) is 5.92 Å². The van der Waals surface area contributed by atoms with Crippen molar-refractivity contribution in [3.8, 4) is 0 Å². The summed E-state index contributed by atoms with van der Waals surface area (Å²) in [5.74, 6) is 1.42. The van der Waals surface area contributed by atoms with Crippen LogP contribution in [0.3, 0.4) is 0 Å². The van der Waals surface area contributed by atoms with Crippen LogP contribution in [0.25, 0.3) is 0 Å². The summed E-state index contributed by atoms with van der Waals surface area (Å²) in [4.78, 5) is 4.17. The van der Waals surface area contributed by atoms with Crippen LogP contribution in [0.15, 0.2) is 5.38 Å². The minimum Gasteiger partial charge on any atom is -0.381 e. The fourth-order valence-corrected chi connectivity index (χ4v) is 2.31. The average Bonchev–Trinajstić information content (AvgIpc) is 2.56. The first-order chi connectivity index (χ1) is 6.75. The molecule has 1 aliphatic rings. The maximum absolute atomic E-state index is 5.76. The topological polar surface area (TPSA) is 34.1 Å². The molecule has 1 fully saturated rings. The Labute approximate surface area is 92.4 Å². The Hall–Kier alpha value is -0.320. The van der Waals surface area contributed by atoms with Crippen LogP contribution in [0.5, 0.6) is 0 Å². The number of halogens is 1. The third-order valence-corrected chi connectivity index (χ3v) is 3.43. The molecule has 78 valence electrons. The second-order valence-electron chi connectivity index (χ2n) is 3.58. The lowest BCUT2D eigenvalue weighted by Gasteiger charge is -2.29. The van der Waals surface area contributed by atoms with Crippen molar-refractivity contribution < 1.29 is 4.74 Å². The van der Waals surface area contributed by atoms with Crippen molar-refractivity contribution in [3.63, 3.8) is 0 Å². The second-order valence-corrected chi connectivity index (χ2v) is 5.02. The van der Waals surface area contributed by atoms with Crippen LogP contribution in [0.2, 0.25) is 4.47 Å². The van der Waals surface area contributed by atoms with E-state index in [4.69, 9.17) is 16.3 Å². The van der Waals surface area contributed by atoms with Crippen molar-refractivity contribution in [1.82, 2.24) is 4.98 Å². The van der Waals surface area contributed by atoms with E-state index in [1.54, 1.807) is 0 Å². The van der Waals surface area contributed by atoms with Gasteiger partial charge in [0.1, 0.15) is 5.82 Å². The van der Waals surface area contributed by atoms with Crippen molar-refractivity contribution in [2.45, 2.75) is 19.4 Å². The molecule has 1 saturated heterocycles. The summed E-state index contributed by atoms with van der Waals surface area (Å²) < 4.78 is 5.96. The molecule has 0 spiro atoms. The summed E-state index contributed by atoms with van der Waals surface area (Å²) in [5, 5.41) is 5.34. The standard InChI is InChI=1S/C9H13ClN2OS/c1-6-4-13-3-2-7(6)11-8-5-14-9(10)12-8/h5-7,11H,2-4H2,1H3. The van der Waals surface area contributed by atoms with E-state index in [0.29, 0.717) is 16.4 Å². The third kappa shape index (κ3) is 2.38. The van der Waals surface area contributed by atoms with Gasteiger partial charge in [0.25, 0.3) is 0 Å². The van der Waals surface area contributed by atoms with E-state index in [1.165, 1.54) is 11.3 Å². The normalized spacial score (nSPS) is 27.6. The highest BCUT2D eigenvalue weighted by atomic mass is 35.5. The molecule has 14 heavy (non-hydrogen) atoms. The lowest BCUT2D eigenvalue weighted by molar-refractivity contribution is 0.0537. The number of thiazole rings is 1. The molecule has 0 aromatic carbocycles. The minimum atomic E-state index is 0.460. The van der Waals surface area contributed by atoms with E-state index in [-0.39, 0.29) is 0 Å². The predicted octanol–water partition coefficient (Wildman–Crippen LogP) is 2.63. The number of hydrogen-bond donors (Lipinski definition) is 1. The number of nitrogens with zero attached hydrogens (tertiary/aromatic N) is 1. The molecule has 2 unspecified atom stereocenters. The van der Waals surface area contributed by atoms with Gasteiger partial charge in [-0.3, -0.25) is 0 Å². The smallest absolute Gasteiger partial charge is 0.185 e. The number of ether oxygens (including phenoxy) is 1. The highest BCUT2D eigenvalue weighted by molar-refractivity contribution is 7.14. The minimum absolute atomic E-state index is 0.460. The van der Waals surface area contributed by atoms with Gasteiger partial charge < -0.3 is 10.1 Å². The summed E-state index contributed by atoms with van der Waals surface area (Å²) in [6.07, 6.45) is 1.04. The number of anilines is 1. The number of hydrogen-bond acceptors (Lipinski definition) is 4. The van der Waals surface area contributed by atoms with E-state index in [1.807, 2.05) is 5.38 Å². The molecule has 1 aliphatic heterocycles. The van der Waals surface area contributed by atoms with E-state index < -0.39 is 0 Å². The quantitative estimate of drug-likeness (QED) is 0.851. The molecule has 3 nitrogen and oxygen atoms in total. The highest BCUT2D eigenvalue weighted by Gasteiger charge is 2.22. The lowest BCUT2D eigenvalue weighted by Crippen LogP contribution is -2.36. The lowest BCUT2D eigenvalue weighted by atomic mass is 9.98. The van der Waals surface area contributed by atoms with Gasteiger partial charge in [0.05, 0.1) is 6.61 Å². The molecule has 2 heterocycles. The Balaban J connectivity index is 1.95. The second kappa shape index (κ2) is 4.47. The molecule has 1 aromatic heterocycles. The first-order valence-electron chi connectivity index (χ1n) is 4.71.